The van der Waals surface area contributed by atoms with Crippen molar-refractivity contribution in [2.45, 2.75) is 26.7 Å². The zero-order valence-corrected chi connectivity index (χ0v) is 12.6. The van der Waals surface area contributed by atoms with Gasteiger partial charge in [-0.25, -0.2) is 0 Å². The molecule has 0 atom stereocenters. The number of methoxy groups -OCH3 is 1. The van der Waals surface area contributed by atoms with Crippen molar-refractivity contribution >= 4 is 32.5 Å². The number of nitrogens with two attached hydrogens (primary N) is 1. The zero-order chi connectivity index (χ0) is 13.4. The number of rotatable bonds is 2. The van der Waals surface area contributed by atoms with Crippen LogP contribution in [-0.4, -0.2) is 12.1 Å². The highest BCUT2D eigenvalue weighted by Crippen LogP contribution is 2.39. The lowest BCUT2D eigenvalue weighted by Crippen LogP contribution is -2.04. The summed E-state index contributed by atoms with van der Waals surface area (Å²) in [5.41, 5.74) is 10.0. The Bertz CT molecular complexity index is 609. The van der Waals surface area contributed by atoms with Gasteiger partial charge in [0.05, 0.1) is 23.7 Å². The van der Waals surface area contributed by atoms with Crippen molar-refractivity contribution in [2.75, 3.05) is 12.8 Å². The van der Waals surface area contributed by atoms with Gasteiger partial charge in [0.1, 0.15) is 5.75 Å². The molecule has 96 valence electrons. The van der Waals surface area contributed by atoms with Crippen LogP contribution in [0.1, 0.15) is 31.0 Å². The maximum Gasteiger partial charge on any atom is 0.130 e. The highest BCUT2D eigenvalue weighted by molar-refractivity contribution is 9.10. The molecule has 0 spiro atoms. The molecular formula is C14H17BrN2O. The fourth-order valence-corrected chi connectivity index (χ4v) is 2.79. The molecule has 0 saturated carbocycles. The van der Waals surface area contributed by atoms with E-state index in [9.17, 15) is 0 Å². The number of ether oxygens (including phenoxy) is 1. The van der Waals surface area contributed by atoms with E-state index in [2.05, 4.69) is 34.8 Å². The second-order valence-electron chi connectivity index (χ2n) is 4.65. The van der Waals surface area contributed by atoms with Crippen LogP contribution in [0.5, 0.6) is 5.75 Å². The van der Waals surface area contributed by atoms with Crippen molar-refractivity contribution in [3.63, 3.8) is 0 Å². The van der Waals surface area contributed by atoms with Gasteiger partial charge in [0.15, 0.2) is 0 Å². The van der Waals surface area contributed by atoms with Crippen molar-refractivity contribution in [3.8, 4) is 5.75 Å². The third-order valence-electron chi connectivity index (χ3n) is 3.12. The number of halogens is 1. The van der Waals surface area contributed by atoms with Gasteiger partial charge in [-0.2, -0.15) is 0 Å². The number of hydrogen-bond donors (Lipinski definition) is 1. The van der Waals surface area contributed by atoms with Crippen LogP contribution in [0.4, 0.5) is 5.69 Å². The minimum atomic E-state index is 0.339. The number of benzene rings is 1. The molecule has 0 bridgehead atoms. The Labute approximate surface area is 115 Å². The highest BCUT2D eigenvalue weighted by Gasteiger charge is 2.17. The summed E-state index contributed by atoms with van der Waals surface area (Å²) in [6.45, 7) is 6.24. The van der Waals surface area contributed by atoms with Crippen molar-refractivity contribution in [1.82, 2.24) is 4.98 Å². The molecule has 18 heavy (non-hydrogen) atoms. The first-order valence-electron chi connectivity index (χ1n) is 5.89. The van der Waals surface area contributed by atoms with E-state index in [0.717, 1.165) is 38.1 Å². The number of aryl methyl sites for hydroxylation is 1. The van der Waals surface area contributed by atoms with Crippen LogP contribution in [0.2, 0.25) is 0 Å². The Morgan fingerprint density at radius 2 is 2.00 bits per heavy atom. The van der Waals surface area contributed by atoms with E-state index in [1.807, 2.05) is 19.1 Å². The summed E-state index contributed by atoms with van der Waals surface area (Å²) in [6, 6.07) is 3.84. The Hall–Kier alpha value is -1.29. The summed E-state index contributed by atoms with van der Waals surface area (Å²) in [6.07, 6.45) is 0. The molecule has 2 N–H and O–H groups in total. The minimum absolute atomic E-state index is 0.339. The number of pyridine rings is 1. The average molecular weight is 309 g/mol. The molecule has 0 fully saturated rings. The lowest BCUT2D eigenvalue weighted by Gasteiger charge is -2.17. The van der Waals surface area contributed by atoms with Crippen molar-refractivity contribution in [2.24, 2.45) is 0 Å². The molecule has 0 aliphatic carbocycles. The maximum atomic E-state index is 6.33. The van der Waals surface area contributed by atoms with Gasteiger partial charge in [-0.3, -0.25) is 4.98 Å². The van der Waals surface area contributed by atoms with Gasteiger partial charge in [-0.1, -0.05) is 13.8 Å². The zero-order valence-electron chi connectivity index (χ0n) is 11.0. The van der Waals surface area contributed by atoms with Crippen molar-refractivity contribution in [3.05, 3.63) is 27.9 Å². The standard InChI is InChI=1S/C14H17BrN2O/c1-7(2)11-8(3)17-14-9(15)5-6-10(18-4)12(14)13(11)16/h5-7H,1-4H3,(H2,16,17). The lowest BCUT2D eigenvalue weighted by molar-refractivity contribution is 0.420. The Morgan fingerprint density at radius 3 is 2.56 bits per heavy atom. The molecule has 0 amide bonds. The Balaban J connectivity index is 2.95. The van der Waals surface area contributed by atoms with Crippen LogP contribution >= 0.6 is 15.9 Å². The molecule has 1 aromatic heterocycles. The second-order valence-corrected chi connectivity index (χ2v) is 5.51. The van der Waals surface area contributed by atoms with Gasteiger partial charge in [0, 0.05) is 10.2 Å². The number of hydrogen-bond acceptors (Lipinski definition) is 3. The predicted molar refractivity (Wildman–Crippen MR) is 79.2 cm³/mol. The summed E-state index contributed by atoms with van der Waals surface area (Å²) >= 11 is 3.52. The summed E-state index contributed by atoms with van der Waals surface area (Å²) in [7, 11) is 1.65. The minimum Gasteiger partial charge on any atom is -0.496 e. The fraction of sp³-hybridized carbons (Fsp3) is 0.357. The first-order valence-corrected chi connectivity index (χ1v) is 6.68. The van der Waals surface area contributed by atoms with Crippen LogP contribution in [0.25, 0.3) is 10.9 Å². The van der Waals surface area contributed by atoms with Crippen molar-refractivity contribution in [1.29, 1.82) is 0 Å². The molecule has 0 aliphatic heterocycles. The van der Waals surface area contributed by atoms with Gasteiger partial charge >= 0.3 is 0 Å². The first kappa shape index (κ1) is 13.1. The van der Waals surface area contributed by atoms with E-state index < -0.39 is 0 Å². The molecular weight excluding hydrogens is 292 g/mol. The molecule has 4 heteroatoms. The molecule has 3 nitrogen and oxygen atoms in total. The normalized spacial score (nSPS) is 11.2. The SMILES string of the molecule is COc1ccc(Br)c2nc(C)c(C(C)C)c(N)c12. The fourth-order valence-electron chi connectivity index (χ4n) is 2.37. The molecule has 0 saturated heterocycles. The predicted octanol–water partition coefficient (Wildman–Crippen LogP) is 4.02. The first-order chi connectivity index (χ1) is 8.47. The van der Waals surface area contributed by atoms with Crippen LogP contribution in [0.15, 0.2) is 16.6 Å². The van der Waals surface area contributed by atoms with E-state index in [1.54, 1.807) is 7.11 Å². The largest absolute Gasteiger partial charge is 0.496 e. The van der Waals surface area contributed by atoms with Gasteiger partial charge in [-0.05, 0) is 46.5 Å². The van der Waals surface area contributed by atoms with E-state index in [0.29, 0.717) is 5.92 Å². The van der Waals surface area contributed by atoms with Gasteiger partial charge in [0.25, 0.3) is 0 Å². The monoisotopic (exact) mass is 308 g/mol. The number of aromatic nitrogens is 1. The maximum absolute atomic E-state index is 6.33. The third-order valence-corrected chi connectivity index (χ3v) is 3.76. The summed E-state index contributed by atoms with van der Waals surface area (Å²) in [5.74, 6) is 1.10. The molecule has 0 radical (unpaired) electrons. The summed E-state index contributed by atoms with van der Waals surface area (Å²) in [5, 5.41) is 0.890. The second kappa shape index (κ2) is 4.76. The topological polar surface area (TPSA) is 48.1 Å². The number of nitrogens with zero attached hydrogens (tertiary/aromatic N) is 1. The third kappa shape index (κ3) is 1.94. The lowest BCUT2D eigenvalue weighted by atomic mass is 9.97. The van der Waals surface area contributed by atoms with Crippen LogP contribution in [0, 0.1) is 6.92 Å². The van der Waals surface area contributed by atoms with Crippen LogP contribution < -0.4 is 10.5 Å². The van der Waals surface area contributed by atoms with Crippen LogP contribution in [0.3, 0.4) is 0 Å². The molecule has 2 aromatic rings. The van der Waals surface area contributed by atoms with Crippen molar-refractivity contribution < 1.29 is 4.74 Å². The number of anilines is 1. The molecule has 1 aromatic carbocycles. The quantitative estimate of drug-likeness (QED) is 0.911. The van der Waals surface area contributed by atoms with Gasteiger partial charge in [-0.15, -0.1) is 0 Å². The molecule has 0 aliphatic rings. The van der Waals surface area contributed by atoms with Crippen LogP contribution in [-0.2, 0) is 0 Å². The highest BCUT2D eigenvalue weighted by atomic mass is 79.9. The van der Waals surface area contributed by atoms with E-state index in [1.165, 1.54) is 0 Å². The Kier molecular flexibility index (Phi) is 3.48. The van der Waals surface area contributed by atoms with E-state index in [4.69, 9.17) is 10.5 Å². The number of nitrogen functional groups attached to an aromatic ring is 1. The smallest absolute Gasteiger partial charge is 0.130 e. The molecule has 0 unspecified atom stereocenters. The van der Waals surface area contributed by atoms with E-state index >= 15 is 0 Å². The number of fused-ring (bicyclic) bond motifs is 1. The van der Waals surface area contributed by atoms with E-state index in [-0.39, 0.29) is 0 Å². The molecule has 2 rings (SSSR count). The Morgan fingerprint density at radius 1 is 1.33 bits per heavy atom. The van der Waals surface area contributed by atoms with Gasteiger partial charge in [0.2, 0.25) is 0 Å². The molecule has 1 heterocycles. The van der Waals surface area contributed by atoms with Gasteiger partial charge < -0.3 is 10.5 Å². The summed E-state index contributed by atoms with van der Waals surface area (Å²) < 4.78 is 6.33. The summed E-state index contributed by atoms with van der Waals surface area (Å²) in [4.78, 5) is 4.66. The average Bonchev–Trinajstić information content (AvgIpc) is 2.30.